The van der Waals surface area contributed by atoms with Crippen molar-refractivity contribution in [2.75, 3.05) is 19.0 Å². The van der Waals surface area contributed by atoms with E-state index in [1.165, 1.54) is 7.11 Å². The van der Waals surface area contributed by atoms with Crippen molar-refractivity contribution in [3.05, 3.63) is 83.2 Å². The average Bonchev–Trinajstić information content (AvgIpc) is 3.26. The van der Waals surface area contributed by atoms with Gasteiger partial charge >= 0.3 is 0 Å². The Labute approximate surface area is 197 Å². The Kier molecular flexibility index (Phi) is 6.60. The molecule has 0 aliphatic heterocycles. The first-order chi connectivity index (χ1) is 16.4. The number of anilines is 1. The van der Waals surface area contributed by atoms with Gasteiger partial charge in [0.05, 0.1) is 23.7 Å². The van der Waals surface area contributed by atoms with Crippen LogP contribution in [0.4, 0.5) is 5.69 Å². The molecule has 7 heteroatoms. The molecule has 34 heavy (non-hydrogen) atoms. The fourth-order valence-corrected chi connectivity index (χ4v) is 3.44. The lowest BCUT2D eigenvalue weighted by Gasteiger charge is -2.12. The van der Waals surface area contributed by atoms with Crippen LogP contribution in [0.5, 0.6) is 11.5 Å². The smallest absolute Gasteiger partial charge is 0.262 e. The number of hydrogen-bond acceptors (Lipinski definition) is 5. The summed E-state index contributed by atoms with van der Waals surface area (Å²) in [5, 5.41) is 12.5. The number of aromatic nitrogens is 2. The zero-order chi connectivity index (χ0) is 24.1. The minimum atomic E-state index is -0.276. The van der Waals surface area contributed by atoms with Crippen molar-refractivity contribution in [1.29, 1.82) is 5.26 Å². The lowest BCUT2D eigenvalue weighted by molar-refractivity contribution is -0.118. The molecule has 3 aromatic carbocycles. The maximum atomic E-state index is 12.2. The minimum Gasteiger partial charge on any atom is -0.493 e. The molecule has 170 valence electrons. The van der Waals surface area contributed by atoms with Gasteiger partial charge in [-0.3, -0.25) is 4.79 Å². The lowest BCUT2D eigenvalue weighted by Crippen LogP contribution is -2.20. The molecule has 0 radical (unpaired) electrons. The van der Waals surface area contributed by atoms with Crippen molar-refractivity contribution in [2.24, 2.45) is 0 Å². The number of aryl methyl sites for hydroxylation is 2. The van der Waals surface area contributed by atoms with Gasteiger partial charge in [-0.05, 0) is 67.4 Å². The fraction of sp³-hybridized carbons (Fsp3) is 0.148. The van der Waals surface area contributed by atoms with Gasteiger partial charge in [0, 0.05) is 5.69 Å². The summed E-state index contributed by atoms with van der Waals surface area (Å²) in [6, 6.07) is 20.9. The topological polar surface area (TPSA) is 100 Å². The van der Waals surface area contributed by atoms with Gasteiger partial charge in [-0.1, -0.05) is 29.8 Å². The molecular weight excluding hydrogens is 428 g/mol. The Balaban J connectivity index is 1.49. The van der Waals surface area contributed by atoms with Crippen LogP contribution in [-0.2, 0) is 4.79 Å². The maximum Gasteiger partial charge on any atom is 0.262 e. The molecule has 1 heterocycles. The minimum absolute atomic E-state index is 0.165. The van der Waals surface area contributed by atoms with E-state index in [2.05, 4.69) is 21.4 Å². The fourth-order valence-electron chi connectivity index (χ4n) is 3.44. The molecule has 0 bridgehead atoms. The highest BCUT2D eigenvalue weighted by atomic mass is 16.5. The Bertz CT molecular complexity index is 1410. The van der Waals surface area contributed by atoms with Gasteiger partial charge in [0.15, 0.2) is 18.1 Å². The molecular formula is C27H24N4O3. The number of carbonyl (C=O) groups excluding carboxylic acids is 1. The number of fused-ring (bicyclic) bond motifs is 1. The summed E-state index contributed by atoms with van der Waals surface area (Å²) >= 11 is 0. The predicted octanol–water partition coefficient (Wildman–Crippen LogP) is 5.27. The number of imidazole rings is 1. The summed E-state index contributed by atoms with van der Waals surface area (Å²) in [6.45, 7) is 3.82. The van der Waals surface area contributed by atoms with E-state index in [-0.39, 0.29) is 12.5 Å². The molecule has 2 N–H and O–H groups in total. The lowest BCUT2D eigenvalue weighted by atomic mass is 10.1. The first kappa shape index (κ1) is 22.6. The normalized spacial score (nSPS) is 11.2. The van der Waals surface area contributed by atoms with Crippen LogP contribution in [0.2, 0.25) is 0 Å². The molecule has 0 saturated heterocycles. The second-order valence-electron chi connectivity index (χ2n) is 7.89. The van der Waals surface area contributed by atoms with E-state index in [1.807, 2.05) is 56.3 Å². The van der Waals surface area contributed by atoms with Crippen molar-refractivity contribution in [1.82, 2.24) is 9.97 Å². The number of methoxy groups -OCH3 is 1. The van der Waals surface area contributed by atoms with Crippen LogP contribution >= 0.6 is 0 Å². The van der Waals surface area contributed by atoms with E-state index in [0.29, 0.717) is 28.6 Å². The van der Waals surface area contributed by atoms with Crippen molar-refractivity contribution >= 4 is 34.3 Å². The van der Waals surface area contributed by atoms with Crippen LogP contribution in [0.1, 0.15) is 22.5 Å². The number of allylic oxidation sites excluding steroid dienone is 1. The summed E-state index contributed by atoms with van der Waals surface area (Å²) in [5.41, 5.74) is 5.73. The highest BCUT2D eigenvalue weighted by Crippen LogP contribution is 2.30. The Hall–Kier alpha value is -4.57. The second kappa shape index (κ2) is 9.92. The van der Waals surface area contributed by atoms with Crippen molar-refractivity contribution in [2.45, 2.75) is 13.8 Å². The summed E-state index contributed by atoms with van der Waals surface area (Å²) in [4.78, 5) is 20.0. The van der Waals surface area contributed by atoms with Crippen LogP contribution in [0.25, 0.3) is 22.7 Å². The number of amides is 1. The van der Waals surface area contributed by atoms with Gasteiger partial charge in [-0.25, -0.2) is 4.98 Å². The molecule has 0 aliphatic rings. The number of aromatic amines is 1. The number of ether oxygens (including phenoxy) is 2. The van der Waals surface area contributed by atoms with Crippen LogP contribution in [0.15, 0.2) is 60.7 Å². The van der Waals surface area contributed by atoms with E-state index < -0.39 is 0 Å². The first-order valence-corrected chi connectivity index (χ1v) is 10.7. The summed E-state index contributed by atoms with van der Waals surface area (Å²) in [5.74, 6) is 1.10. The van der Waals surface area contributed by atoms with Gasteiger partial charge < -0.3 is 19.8 Å². The third kappa shape index (κ3) is 5.25. The van der Waals surface area contributed by atoms with Crippen LogP contribution < -0.4 is 14.8 Å². The monoisotopic (exact) mass is 452 g/mol. The van der Waals surface area contributed by atoms with E-state index in [9.17, 15) is 10.1 Å². The van der Waals surface area contributed by atoms with Crippen molar-refractivity contribution < 1.29 is 14.3 Å². The number of hydrogen-bond donors (Lipinski definition) is 2. The number of nitriles is 1. The third-order valence-electron chi connectivity index (χ3n) is 5.21. The summed E-state index contributed by atoms with van der Waals surface area (Å²) in [7, 11) is 1.52. The molecule has 4 aromatic rings. The van der Waals surface area contributed by atoms with Gasteiger partial charge in [0.1, 0.15) is 11.9 Å². The highest BCUT2D eigenvalue weighted by molar-refractivity contribution is 5.92. The largest absolute Gasteiger partial charge is 0.493 e. The van der Waals surface area contributed by atoms with Crippen molar-refractivity contribution in [3.63, 3.8) is 0 Å². The molecule has 0 spiro atoms. The number of rotatable bonds is 7. The van der Waals surface area contributed by atoms with E-state index in [1.54, 1.807) is 24.3 Å². The van der Waals surface area contributed by atoms with Gasteiger partial charge in [0.25, 0.3) is 5.91 Å². The zero-order valence-corrected chi connectivity index (χ0v) is 19.2. The highest BCUT2D eigenvalue weighted by Gasteiger charge is 2.11. The van der Waals surface area contributed by atoms with Crippen molar-refractivity contribution in [3.8, 4) is 17.6 Å². The molecule has 0 atom stereocenters. The number of H-pyrrole nitrogens is 1. The second-order valence-corrected chi connectivity index (χ2v) is 7.89. The first-order valence-electron chi connectivity index (χ1n) is 10.7. The molecule has 0 saturated carbocycles. The van der Waals surface area contributed by atoms with E-state index in [0.717, 1.165) is 27.7 Å². The quantitative estimate of drug-likeness (QED) is 0.372. The van der Waals surface area contributed by atoms with E-state index >= 15 is 0 Å². The van der Waals surface area contributed by atoms with Gasteiger partial charge in [-0.2, -0.15) is 5.26 Å². The number of nitrogens with zero attached hydrogens (tertiary/aromatic N) is 2. The van der Waals surface area contributed by atoms with Gasteiger partial charge in [0.2, 0.25) is 0 Å². The molecule has 0 aliphatic carbocycles. The molecule has 1 aromatic heterocycles. The number of nitrogens with one attached hydrogen (secondary N) is 2. The summed E-state index contributed by atoms with van der Waals surface area (Å²) in [6.07, 6.45) is 1.72. The standard InChI is InChI=1S/C27H24N4O3/c1-17-4-8-21(9-5-17)29-26(32)16-34-24-11-7-19(14-25(24)33-3)13-20(15-28)27-30-22-10-6-18(2)12-23(22)31-27/h4-14H,16H2,1-3H3,(H,29,32)(H,30,31)/b20-13-. The number of benzene rings is 3. The zero-order valence-electron chi connectivity index (χ0n) is 19.2. The van der Waals surface area contributed by atoms with Crippen LogP contribution in [0, 0.1) is 25.2 Å². The third-order valence-corrected chi connectivity index (χ3v) is 5.21. The Morgan fingerprint density at radius 2 is 1.82 bits per heavy atom. The maximum absolute atomic E-state index is 12.2. The average molecular weight is 453 g/mol. The molecule has 0 fully saturated rings. The predicted molar refractivity (Wildman–Crippen MR) is 133 cm³/mol. The molecule has 1 amide bonds. The van der Waals surface area contributed by atoms with E-state index in [4.69, 9.17) is 9.47 Å². The van der Waals surface area contributed by atoms with Crippen LogP contribution in [0.3, 0.4) is 0 Å². The van der Waals surface area contributed by atoms with Gasteiger partial charge in [-0.15, -0.1) is 0 Å². The molecule has 0 unspecified atom stereocenters. The number of carbonyl (C=O) groups is 1. The summed E-state index contributed by atoms with van der Waals surface area (Å²) < 4.78 is 11.1. The molecule has 7 nitrogen and oxygen atoms in total. The van der Waals surface area contributed by atoms with Crippen LogP contribution in [-0.4, -0.2) is 29.6 Å². The molecule has 4 rings (SSSR count). The SMILES string of the molecule is COc1cc(/C=C(/C#N)c2nc3ccc(C)cc3[nH]2)ccc1OCC(=O)Nc1ccc(C)cc1. The Morgan fingerprint density at radius 3 is 2.56 bits per heavy atom. The Morgan fingerprint density at radius 1 is 1.06 bits per heavy atom.